The maximum absolute atomic E-state index is 13.6. The van der Waals surface area contributed by atoms with Crippen LogP contribution in [0.1, 0.15) is 26.3 Å². The summed E-state index contributed by atoms with van der Waals surface area (Å²) in [5.74, 6) is -1.19. The Bertz CT molecular complexity index is 1960. The van der Waals surface area contributed by atoms with E-state index in [4.69, 9.17) is 4.42 Å². The number of alkyl halides is 3. The summed E-state index contributed by atoms with van der Waals surface area (Å²) in [6.45, 7) is 0.0188. The van der Waals surface area contributed by atoms with Crippen molar-refractivity contribution in [1.82, 2.24) is 14.4 Å². The number of hydrogen-bond donors (Lipinski definition) is 0. The van der Waals surface area contributed by atoms with Gasteiger partial charge >= 0.3 is 6.18 Å². The normalized spacial score (nSPS) is 11.6. The summed E-state index contributed by atoms with van der Waals surface area (Å²) in [5.41, 5.74) is -1.12. The van der Waals surface area contributed by atoms with Crippen LogP contribution >= 0.6 is 0 Å². The molecule has 0 aliphatic rings. The molecule has 13 heteroatoms. The first-order chi connectivity index (χ1) is 20.4. The lowest BCUT2D eigenvalue weighted by molar-refractivity contribution is -0.384. The first kappa shape index (κ1) is 29.0. The predicted molar refractivity (Wildman–Crippen MR) is 151 cm³/mol. The van der Waals surface area contributed by atoms with Gasteiger partial charge in [-0.2, -0.15) is 13.2 Å². The number of para-hydroxylation sites is 1. The monoisotopic (exact) mass is 592 g/mol. The fourth-order valence-electron chi connectivity index (χ4n) is 4.69. The number of halogens is 3. The number of non-ortho nitro benzene ring substituents is 1. The van der Waals surface area contributed by atoms with Crippen molar-refractivity contribution in [2.75, 3.05) is 27.2 Å². The van der Waals surface area contributed by atoms with Gasteiger partial charge in [0.2, 0.25) is 5.43 Å². The fourth-order valence-corrected chi connectivity index (χ4v) is 4.69. The van der Waals surface area contributed by atoms with Crippen molar-refractivity contribution in [3.05, 3.63) is 116 Å². The third-order valence-electron chi connectivity index (χ3n) is 7.06. The van der Waals surface area contributed by atoms with Crippen molar-refractivity contribution in [3.8, 4) is 5.69 Å². The molecule has 0 atom stereocenters. The minimum Gasteiger partial charge on any atom is -0.463 e. The minimum atomic E-state index is -4.60. The van der Waals surface area contributed by atoms with Gasteiger partial charge in [0.05, 0.1) is 27.0 Å². The van der Waals surface area contributed by atoms with Gasteiger partial charge in [-0.15, -0.1) is 0 Å². The van der Waals surface area contributed by atoms with Gasteiger partial charge in [-0.1, -0.05) is 18.2 Å². The van der Waals surface area contributed by atoms with Gasteiger partial charge < -0.3 is 18.8 Å². The molecule has 2 aromatic heterocycles. The molecule has 43 heavy (non-hydrogen) atoms. The Kier molecular flexibility index (Phi) is 7.48. The van der Waals surface area contributed by atoms with E-state index in [0.717, 1.165) is 18.4 Å². The number of carbonyl (C=O) groups is 2. The Labute approximate surface area is 241 Å². The minimum absolute atomic E-state index is 0.00511. The topological polar surface area (TPSA) is 119 Å². The third kappa shape index (κ3) is 5.56. The molecule has 0 bridgehead atoms. The number of likely N-dealkylation sites (N-methyl/N-ethyl adjacent to an activating group) is 2. The summed E-state index contributed by atoms with van der Waals surface area (Å²) in [6.07, 6.45) is -2.18. The largest absolute Gasteiger partial charge is 0.463 e. The molecular formula is C30H23F3N4O6. The molecule has 220 valence electrons. The number of carbonyl (C=O) groups excluding carboxylic acids is 2. The number of benzene rings is 3. The highest BCUT2D eigenvalue weighted by Gasteiger charge is 2.31. The van der Waals surface area contributed by atoms with Crippen molar-refractivity contribution in [2.24, 2.45) is 0 Å². The zero-order valence-corrected chi connectivity index (χ0v) is 22.8. The molecule has 3 aromatic carbocycles. The van der Waals surface area contributed by atoms with Gasteiger partial charge in [-0.3, -0.25) is 24.5 Å². The number of rotatable bonds is 7. The molecule has 0 spiro atoms. The van der Waals surface area contributed by atoms with E-state index >= 15 is 0 Å². The Balaban J connectivity index is 1.42. The summed E-state index contributed by atoms with van der Waals surface area (Å²) in [7, 11) is 2.91. The van der Waals surface area contributed by atoms with E-state index in [0.29, 0.717) is 5.58 Å². The standard InChI is InChI=1S/C30H23F3N4O6/c1-34(12-13-35(2)29(40)24-17-43-26-9-4-3-8-21(26)27(24)38)28(39)23-16-36(19-7-5-6-18(14-19)30(31,32)33)25-11-10-20(37(41)42)15-22(23)25/h3-11,14-17H,12-13H2,1-2H3. The van der Waals surface area contributed by atoms with Crippen molar-refractivity contribution in [1.29, 1.82) is 0 Å². The average Bonchev–Trinajstić information content (AvgIpc) is 3.38. The number of nitro groups is 1. The first-order valence-corrected chi connectivity index (χ1v) is 12.9. The van der Waals surface area contributed by atoms with Crippen LogP contribution in [0.4, 0.5) is 18.9 Å². The van der Waals surface area contributed by atoms with E-state index in [1.165, 1.54) is 65.0 Å². The van der Waals surface area contributed by atoms with Crippen LogP contribution in [-0.4, -0.2) is 58.3 Å². The van der Waals surface area contributed by atoms with Crippen LogP contribution in [0.25, 0.3) is 27.6 Å². The fraction of sp³-hybridized carbons (Fsp3) is 0.167. The quantitative estimate of drug-likeness (QED) is 0.182. The highest BCUT2D eigenvalue weighted by atomic mass is 19.4. The Hall–Kier alpha value is -5.46. The molecular weight excluding hydrogens is 569 g/mol. The van der Waals surface area contributed by atoms with Gasteiger partial charge in [0.1, 0.15) is 17.4 Å². The summed E-state index contributed by atoms with van der Waals surface area (Å²) < 4.78 is 47.0. The number of hydrogen-bond acceptors (Lipinski definition) is 6. The molecule has 5 aromatic rings. The molecule has 0 unspecified atom stereocenters. The molecule has 5 rings (SSSR count). The maximum Gasteiger partial charge on any atom is 0.416 e. The Morgan fingerprint density at radius 2 is 1.58 bits per heavy atom. The molecule has 0 fully saturated rings. The van der Waals surface area contributed by atoms with Crippen LogP contribution < -0.4 is 5.43 Å². The number of aromatic nitrogens is 1. The second-order valence-electron chi connectivity index (χ2n) is 9.85. The Morgan fingerprint density at radius 1 is 0.907 bits per heavy atom. The summed E-state index contributed by atoms with van der Waals surface area (Å²) in [5, 5.41) is 11.9. The lowest BCUT2D eigenvalue weighted by atomic mass is 10.1. The Morgan fingerprint density at radius 3 is 2.26 bits per heavy atom. The van der Waals surface area contributed by atoms with Gasteiger partial charge in [0.25, 0.3) is 17.5 Å². The highest BCUT2D eigenvalue weighted by Crippen LogP contribution is 2.33. The number of amides is 2. The van der Waals surface area contributed by atoms with Crippen molar-refractivity contribution >= 4 is 39.4 Å². The van der Waals surface area contributed by atoms with E-state index in [-0.39, 0.29) is 51.9 Å². The SMILES string of the molecule is CN(CCN(C)C(=O)c1cn(-c2cccc(C(F)(F)F)c2)c2ccc([N+](=O)[O-])cc12)C(=O)c1coc2ccccc2c1=O. The molecule has 0 aliphatic carbocycles. The number of nitrogens with zero attached hydrogens (tertiary/aromatic N) is 4. The van der Waals surface area contributed by atoms with Crippen LogP contribution in [0.2, 0.25) is 0 Å². The van der Waals surface area contributed by atoms with Gasteiger partial charge in [0, 0.05) is 56.6 Å². The number of fused-ring (bicyclic) bond motifs is 2. The predicted octanol–water partition coefficient (Wildman–Crippen LogP) is 5.51. The van der Waals surface area contributed by atoms with E-state index < -0.39 is 33.9 Å². The lowest BCUT2D eigenvalue weighted by Gasteiger charge is -2.22. The van der Waals surface area contributed by atoms with E-state index in [9.17, 15) is 37.7 Å². The molecule has 0 saturated carbocycles. The molecule has 0 N–H and O–H groups in total. The molecule has 0 radical (unpaired) electrons. The summed E-state index contributed by atoms with van der Waals surface area (Å²) in [6, 6.07) is 14.7. The van der Waals surface area contributed by atoms with Crippen LogP contribution in [0, 0.1) is 10.1 Å². The van der Waals surface area contributed by atoms with Gasteiger partial charge in [-0.05, 0) is 36.4 Å². The third-order valence-corrected chi connectivity index (χ3v) is 7.06. The molecule has 10 nitrogen and oxygen atoms in total. The second kappa shape index (κ2) is 11.1. The second-order valence-corrected chi connectivity index (χ2v) is 9.85. The van der Waals surface area contributed by atoms with Crippen LogP contribution in [0.15, 0.2) is 88.4 Å². The number of nitro benzene ring substituents is 1. The highest BCUT2D eigenvalue weighted by molar-refractivity contribution is 6.08. The average molecular weight is 593 g/mol. The molecule has 2 amide bonds. The van der Waals surface area contributed by atoms with Crippen LogP contribution in [0.5, 0.6) is 0 Å². The van der Waals surface area contributed by atoms with Crippen LogP contribution in [0.3, 0.4) is 0 Å². The first-order valence-electron chi connectivity index (χ1n) is 12.9. The van der Waals surface area contributed by atoms with E-state index in [1.54, 1.807) is 24.3 Å². The zero-order chi connectivity index (χ0) is 31.1. The summed E-state index contributed by atoms with van der Waals surface area (Å²) >= 11 is 0. The molecule has 0 aliphatic heterocycles. The van der Waals surface area contributed by atoms with E-state index in [1.807, 2.05) is 0 Å². The van der Waals surface area contributed by atoms with Gasteiger partial charge in [0.15, 0.2) is 0 Å². The molecule has 2 heterocycles. The van der Waals surface area contributed by atoms with Crippen LogP contribution in [-0.2, 0) is 6.18 Å². The zero-order valence-electron chi connectivity index (χ0n) is 22.8. The smallest absolute Gasteiger partial charge is 0.416 e. The lowest BCUT2D eigenvalue weighted by Crippen LogP contribution is -2.38. The maximum atomic E-state index is 13.6. The summed E-state index contributed by atoms with van der Waals surface area (Å²) in [4.78, 5) is 52.7. The molecule has 0 saturated heterocycles. The van der Waals surface area contributed by atoms with E-state index in [2.05, 4.69) is 0 Å². The van der Waals surface area contributed by atoms with Crippen molar-refractivity contribution in [3.63, 3.8) is 0 Å². The van der Waals surface area contributed by atoms with Crippen molar-refractivity contribution < 1.29 is 32.1 Å². The van der Waals surface area contributed by atoms with Crippen molar-refractivity contribution in [2.45, 2.75) is 6.18 Å². The van der Waals surface area contributed by atoms with Gasteiger partial charge in [-0.25, -0.2) is 0 Å².